The minimum absolute atomic E-state index is 0.332. The number of benzene rings is 1. The van der Waals surface area contributed by atoms with Crippen molar-refractivity contribution in [1.82, 2.24) is 10.2 Å². The molecule has 0 aliphatic rings. The van der Waals surface area contributed by atoms with Crippen LogP contribution in [0.3, 0.4) is 0 Å². The minimum atomic E-state index is -0.332. The highest BCUT2D eigenvalue weighted by Gasteiger charge is 2.02. The van der Waals surface area contributed by atoms with E-state index < -0.39 is 0 Å². The number of aromatic nitrogens is 2. The van der Waals surface area contributed by atoms with Crippen LogP contribution in [0.5, 0.6) is 11.6 Å². The fraction of sp³-hybridized carbons (Fsp3) is 0. The summed E-state index contributed by atoms with van der Waals surface area (Å²) in [6, 6.07) is 7.75. The van der Waals surface area contributed by atoms with Crippen LogP contribution in [0.4, 0.5) is 4.39 Å². The van der Waals surface area contributed by atoms with Gasteiger partial charge in [-0.25, -0.2) is 4.39 Å². The lowest BCUT2D eigenvalue weighted by Crippen LogP contribution is -1.89. The van der Waals surface area contributed by atoms with Gasteiger partial charge in [-0.3, -0.25) is 0 Å². The van der Waals surface area contributed by atoms with Crippen molar-refractivity contribution in [3.63, 3.8) is 0 Å². The normalized spacial score (nSPS) is 10.0. The Morgan fingerprint density at radius 2 is 2.13 bits per heavy atom. The van der Waals surface area contributed by atoms with E-state index in [-0.39, 0.29) is 5.82 Å². The number of nitrogens with zero attached hydrogens (tertiary/aromatic N) is 2. The van der Waals surface area contributed by atoms with Gasteiger partial charge in [-0.1, -0.05) is 0 Å². The molecule has 0 amide bonds. The summed E-state index contributed by atoms with van der Waals surface area (Å²) in [7, 11) is 0. The van der Waals surface area contributed by atoms with Crippen LogP contribution in [0.15, 0.2) is 41.0 Å². The lowest BCUT2D eigenvalue weighted by atomic mass is 10.3. The Hall–Kier alpha value is -1.49. The van der Waals surface area contributed by atoms with E-state index in [1.54, 1.807) is 18.3 Å². The number of ether oxygens (including phenoxy) is 1. The summed E-state index contributed by atoms with van der Waals surface area (Å²) < 4.78 is 18.6. The van der Waals surface area contributed by atoms with Crippen LogP contribution < -0.4 is 4.74 Å². The molecule has 0 radical (unpaired) electrons. The van der Waals surface area contributed by atoms with Crippen LogP contribution in [0.2, 0.25) is 0 Å². The highest BCUT2D eigenvalue weighted by molar-refractivity contribution is 9.10. The van der Waals surface area contributed by atoms with Gasteiger partial charge in [0.25, 0.3) is 0 Å². The van der Waals surface area contributed by atoms with Crippen LogP contribution in [-0.4, -0.2) is 10.2 Å². The van der Waals surface area contributed by atoms with Crippen LogP contribution >= 0.6 is 15.9 Å². The maximum Gasteiger partial charge on any atom is 0.238 e. The Balaban J connectivity index is 2.22. The summed E-state index contributed by atoms with van der Waals surface area (Å²) in [6.45, 7) is 0. The van der Waals surface area contributed by atoms with Gasteiger partial charge in [0.15, 0.2) is 0 Å². The molecule has 5 heteroatoms. The van der Waals surface area contributed by atoms with Gasteiger partial charge < -0.3 is 4.74 Å². The Bertz CT molecular complexity index is 464. The SMILES string of the molecule is Fc1ccc(Oc2cccnn2)cc1Br. The zero-order chi connectivity index (χ0) is 10.7. The van der Waals surface area contributed by atoms with E-state index in [9.17, 15) is 4.39 Å². The molecule has 0 atom stereocenters. The molecule has 3 nitrogen and oxygen atoms in total. The van der Waals surface area contributed by atoms with E-state index in [2.05, 4.69) is 26.1 Å². The zero-order valence-electron chi connectivity index (χ0n) is 7.52. The third-order valence-corrected chi connectivity index (χ3v) is 2.27. The first kappa shape index (κ1) is 10.0. The third-order valence-electron chi connectivity index (χ3n) is 1.66. The molecule has 1 heterocycles. The van der Waals surface area contributed by atoms with E-state index in [1.807, 2.05) is 0 Å². The Morgan fingerprint density at radius 3 is 2.80 bits per heavy atom. The summed E-state index contributed by atoms with van der Waals surface area (Å²) in [5.74, 6) is 0.543. The predicted molar refractivity (Wildman–Crippen MR) is 56.2 cm³/mol. The second kappa shape index (κ2) is 4.35. The first-order valence-corrected chi connectivity index (χ1v) is 4.95. The molecule has 0 fully saturated rings. The molecule has 2 aromatic rings. The third kappa shape index (κ3) is 2.50. The lowest BCUT2D eigenvalue weighted by Gasteiger charge is -2.03. The largest absolute Gasteiger partial charge is 0.437 e. The van der Waals surface area contributed by atoms with Gasteiger partial charge in [-0.05, 0) is 40.2 Å². The second-order valence-electron chi connectivity index (χ2n) is 2.74. The van der Waals surface area contributed by atoms with Crippen LogP contribution in [0.25, 0.3) is 0 Å². The highest BCUT2D eigenvalue weighted by atomic mass is 79.9. The molecular weight excluding hydrogens is 263 g/mol. The van der Waals surface area contributed by atoms with Gasteiger partial charge in [0.1, 0.15) is 11.6 Å². The Morgan fingerprint density at radius 1 is 1.27 bits per heavy atom. The van der Waals surface area contributed by atoms with Gasteiger partial charge >= 0.3 is 0 Å². The molecule has 76 valence electrons. The molecule has 0 unspecified atom stereocenters. The summed E-state index contributed by atoms with van der Waals surface area (Å²) in [6.07, 6.45) is 1.55. The number of rotatable bonds is 2. The average molecular weight is 269 g/mol. The van der Waals surface area contributed by atoms with Gasteiger partial charge in [-0.2, -0.15) is 5.10 Å². The smallest absolute Gasteiger partial charge is 0.238 e. The summed E-state index contributed by atoms with van der Waals surface area (Å²) in [5.41, 5.74) is 0. The van der Waals surface area contributed by atoms with Gasteiger partial charge in [0, 0.05) is 12.3 Å². The number of hydrogen-bond acceptors (Lipinski definition) is 3. The maximum atomic E-state index is 12.9. The van der Waals surface area contributed by atoms with Crippen LogP contribution in [0.1, 0.15) is 0 Å². The summed E-state index contributed by atoms with van der Waals surface area (Å²) in [5, 5.41) is 7.40. The van der Waals surface area contributed by atoms with Crippen molar-refractivity contribution in [3.05, 3.63) is 46.8 Å². The second-order valence-corrected chi connectivity index (χ2v) is 3.59. The molecule has 0 bridgehead atoms. The van der Waals surface area contributed by atoms with Gasteiger partial charge in [0.2, 0.25) is 5.88 Å². The van der Waals surface area contributed by atoms with Crippen molar-refractivity contribution >= 4 is 15.9 Å². The molecule has 15 heavy (non-hydrogen) atoms. The molecule has 0 N–H and O–H groups in total. The maximum absolute atomic E-state index is 12.9. The van der Waals surface area contributed by atoms with E-state index in [0.717, 1.165) is 0 Å². The number of halogens is 2. The first-order valence-electron chi connectivity index (χ1n) is 4.16. The highest BCUT2D eigenvalue weighted by Crippen LogP contribution is 2.24. The van der Waals surface area contributed by atoms with Gasteiger partial charge in [0.05, 0.1) is 4.47 Å². The van der Waals surface area contributed by atoms with Crippen LogP contribution in [-0.2, 0) is 0 Å². The van der Waals surface area contributed by atoms with Crippen molar-refractivity contribution < 1.29 is 9.13 Å². The standard InChI is InChI=1S/C10H6BrFN2O/c11-8-6-7(3-4-9(8)12)15-10-2-1-5-13-14-10/h1-6H. The molecule has 0 saturated heterocycles. The summed E-state index contributed by atoms with van der Waals surface area (Å²) in [4.78, 5) is 0. The fourth-order valence-corrected chi connectivity index (χ4v) is 1.36. The molecule has 0 aliphatic heterocycles. The van der Waals surface area contributed by atoms with Crippen molar-refractivity contribution in [3.8, 4) is 11.6 Å². The predicted octanol–water partition coefficient (Wildman–Crippen LogP) is 3.17. The monoisotopic (exact) mass is 268 g/mol. The van der Waals surface area contributed by atoms with E-state index in [0.29, 0.717) is 16.1 Å². The lowest BCUT2D eigenvalue weighted by molar-refractivity contribution is 0.453. The molecule has 1 aromatic heterocycles. The molecule has 0 aliphatic carbocycles. The molecule has 1 aromatic carbocycles. The van der Waals surface area contributed by atoms with Crippen molar-refractivity contribution in [2.24, 2.45) is 0 Å². The average Bonchev–Trinajstić information content (AvgIpc) is 2.25. The first-order chi connectivity index (χ1) is 7.25. The Labute approximate surface area is 94.0 Å². The van der Waals surface area contributed by atoms with Gasteiger partial charge in [-0.15, -0.1) is 5.10 Å². The molecule has 0 spiro atoms. The van der Waals surface area contributed by atoms with E-state index in [1.165, 1.54) is 18.2 Å². The molecule has 2 rings (SSSR count). The minimum Gasteiger partial charge on any atom is -0.437 e. The van der Waals surface area contributed by atoms with E-state index in [4.69, 9.17) is 4.74 Å². The summed E-state index contributed by atoms with van der Waals surface area (Å²) >= 11 is 3.07. The molecule has 0 saturated carbocycles. The molecular formula is C10H6BrFN2O. The van der Waals surface area contributed by atoms with Crippen molar-refractivity contribution in [1.29, 1.82) is 0 Å². The fourth-order valence-electron chi connectivity index (χ4n) is 1.00. The van der Waals surface area contributed by atoms with Crippen LogP contribution in [0, 0.1) is 5.82 Å². The van der Waals surface area contributed by atoms with Crippen molar-refractivity contribution in [2.45, 2.75) is 0 Å². The topological polar surface area (TPSA) is 35.0 Å². The Kier molecular flexibility index (Phi) is 2.91. The zero-order valence-corrected chi connectivity index (χ0v) is 9.11. The van der Waals surface area contributed by atoms with Crippen molar-refractivity contribution in [2.75, 3.05) is 0 Å². The number of hydrogen-bond donors (Lipinski definition) is 0. The van der Waals surface area contributed by atoms with E-state index >= 15 is 0 Å². The quantitative estimate of drug-likeness (QED) is 0.839.